The summed E-state index contributed by atoms with van der Waals surface area (Å²) in [5.41, 5.74) is 0.872. The fraction of sp³-hybridized carbons (Fsp3) is 0.467. The number of carboxylic acids is 1. The molecule has 0 aromatic heterocycles. The summed E-state index contributed by atoms with van der Waals surface area (Å²) < 4.78 is 0. The van der Waals surface area contributed by atoms with E-state index in [4.69, 9.17) is 16.7 Å². The highest BCUT2D eigenvalue weighted by Gasteiger charge is 2.37. The average Bonchev–Trinajstić information content (AvgIpc) is 2.82. The van der Waals surface area contributed by atoms with E-state index in [-0.39, 0.29) is 18.5 Å². The molecule has 2 rings (SSSR count). The Morgan fingerprint density at radius 3 is 2.62 bits per heavy atom. The predicted molar refractivity (Wildman–Crippen MR) is 80.2 cm³/mol. The predicted octanol–water partition coefficient (Wildman–Crippen LogP) is 2.54. The number of carbonyl (C=O) groups is 2. The Kier molecular flexibility index (Phi) is 4.73. The van der Waals surface area contributed by atoms with Gasteiger partial charge in [0, 0.05) is 31.7 Å². The number of urea groups is 1. The first-order valence-electron chi connectivity index (χ1n) is 6.86. The van der Waals surface area contributed by atoms with Gasteiger partial charge in [0.2, 0.25) is 0 Å². The van der Waals surface area contributed by atoms with Crippen molar-refractivity contribution in [3.05, 3.63) is 34.9 Å². The summed E-state index contributed by atoms with van der Waals surface area (Å²) in [6.45, 7) is 3.01. The van der Waals surface area contributed by atoms with E-state index in [9.17, 15) is 9.59 Å². The molecule has 0 spiro atoms. The van der Waals surface area contributed by atoms with Gasteiger partial charge in [0.1, 0.15) is 0 Å². The molecule has 2 atom stereocenters. The summed E-state index contributed by atoms with van der Waals surface area (Å²) in [4.78, 5) is 26.7. The molecular weight excluding hydrogens is 292 g/mol. The van der Waals surface area contributed by atoms with Crippen LogP contribution in [0.5, 0.6) is 0 Å². The van der Waals surface area contributed by atoms with Gasteiger partial charge in [-0.05, 0) is 17.5 Å². The molecule has 1 fully saturated rings. The molecular formula is C15H19ClN2O3. The summed E-state index contributed by atoms with van der Waals surface area (Å²) >= 11 is 6.09. The third kappa shape index (κ3) is 3.47. The topological polar surface area (TPSA) is 60.9 Å². The molecule has 1 aliphatic heterocycles. The largest absolute Gasteiger partial charge is 0.481 e. The molecule has 1 aromatic carbocycles. The van der Waals surface area contributed by atoms with Gasteiger partial charge in [-0.25, -0.2) is 4.79 Å². The lowest BCUT2D eigenvalue weighted by molar-refractivity contribution is -0.142. The van der Waals surface area contributed by atoms with Crippen LogP contribution in [0.15, 0.2) is 24.3 Å². The first kappa shape index (κ1) is 15.6. The Morgan fingerprint density at radius 2 is 2.05 bits per heavy atom. The molecule has 1 saturated heterocycles. The van der Waals surface area contributed by atoms with Gasteiger partial charge in [-0.15, -0.1) is 0 Å². The van der Waals surface area contributed by atoms with Gasteiger partial charge in [-0.1, -0.05) is 36.7 Å². The van der Waals surface area contributed by atoms with Gasteiger partial charge in [0.05, 0.1) is 5.92 Å². The minimum absolute atomic E-state index is 0.0276. The minimum atomic E-state index is -0.841. The highest BCUT2D eigenvalue weighted by atomic mass is 35.5. The van der Waals surface area contributed by atoms with Crippen molar-refractivity contribution in [2.24, 2.45) is 11.8 Å². The lowest BCUT2D eigenvalue weighted by Gasteiger charge is -2.25. The van der Waals surface area contributed by atoms with Crippen LogP contribution in [0.2, 0.25) is 5.02 Å². The molecule has 2 amide bonds. The van der Waals surface area contributed by atoms with Crippen LogP contribution in [-0.4, -0.2) is 47.0 Å². The lowest BCUT2D eigenvalue weighted by Crippen LogP contribution is -2.40. The number of rotatable bonds is 3. The van der Waals surface area contributed by atoms with E-state index in [1.54, 1.807) is 22.9 Å². The van der Waals surface area contributed by atoms with E-state index >= 15 is 0 Å². The Hall–Kier alpha value is -1.75. The van der Waals surface area contributed by atoms with Crippen LogP contribution < -0.4 is 0 Å². The molecule has 1 aromatic rings. The number of carboxylic acid groups (broad SMARTS) is 1. The molecule has 21 heavy (non-hydrogen) atoms. The van der Waals surface area contributed by atoms with Crippen molar-refractivity contribution in [1.29, 1.82) is 0 Å². The first-order chi connectivity index (χ1) is 9.90. The molecule has 114 valence electrons. The third-order valence-electron chi connectivity index (χ3n) is 3.89. The van der Waals surface area contributed by atoms with Crippen LogP contribution in [0.1, 0.15) is 12.5 Å². The maximum absolute atomic E-state index is 12.4. The number of hydrogen-bond acceptors (Lipinski definition) is 2. The maximum Gasteiger partial charge on any atom is 0.320 e. The number of halogens is 1. The van der Waals surface area contributed by atoms with E-state index in [0.717, 1.165) is 5.56 Å². The van der Waals surface area contributed by atoms with Gasteiger partial charge < -0.3 is 14.9 Å². The Labute approximate surface area is 129 Å². The SMILES string of the molecule is C[C@@H]1CN(C(=O)N(C)Cc2ccccc2Cl)C[C@H]1C(=O)O. The summed E-state index contributed by atoms with van der Waals surface area (Å²) in [5.74, 6) is -1.35. The standard InChI is InChI=1S/C15H19ClN2O3/c1-10-7-18(9-12(10)14(19)20)15(21)17(2)8-11-5-3-4-6-13(11)16/h3-6,10,12H,7-9H2,1-2H3,(H,19,20)/t10-,12-/m1/s1. The van der Waals surface area contributed by atoms with Crippen LogP contribution in [0.25, 0.3) is 0 Å². The second-order valence-corrected chi connectivity index (χ2v) is 5.96. The van der Waals surface area contributed by atoms with Crippen LogP contribution in [0, 0.1) is 11.8 Å². The van der Waals surface area contributed by atoms with E-state index < -0.39 is 11.9 Å². The van der Waals surface area contributed by atoms with E-state index in [0.29, 0.717) is 18.1 Å². The average molecular weight is 311 g/mol. The molecule has 1 N–H and O–H groups in total. The van der Waals surface area contributed by atoms with E-state index in [1.165, 1.54) is 0 Å². The van der Waals surface area contributed by atoms with Crippen LogP contribution >= 0.6 is 11.6 Å². The summed E-state index contributed by atoms with van der Waals surface area (Å²) in [6, 6.07) is 7.21. The fourth-order valence-corrected chi connectivity index (χ4v) is 2.83. The van der Waals surface area contributed by atoms with Crippen molar-refractivity contribution in [3.8, 4) is 0 Å². The normalized spacial score (nSPS) is 21.4. The van der Waals surface area contributed by atoms with Gasteiger partial charge >= 0.3 is 12.0 Å². The van der Waals surface area contributed by atoms with E-state index in [1.807, 2.05) is 25.1 Å². The lowest BCUT2D eigenvalue weighted by atomic mass is 9.99. The van der Waals surface area contributed by atoms with Crippen molar-refractivity contribution in [3.63, 3.8) is 0 Å². The van der Waals surface area contributed by atoms with Gasteiger partial charge in [-0.3, -0.25) is 4.79 Å². The highest BCUT2D eigenvalue weighted by molar-refractivity contribution is 6.31. The second kappa shape index (κ2) is 6.35. The molecule has 1 heterocycles. The summed E-state index contributed by atoms with van der Waals surface area (Å²) in [7, 11) is 1.70. The number of nitrogens with zero attached hydrogens (tertiary/aromatic N) is 2. The van der Waals surface area contributed by atoms with Gasteiger partial charge in [0.15, 0.2) is 0 Å². The zero-order chi connectivity index (χ0) is 15.6. The molecule has 0 saturated carbocycles. The smallest absolute Gasteiger partial charge is 0.320 e. The van der Waals surface area contributed by atoms with E-state index in [2.05, 4.69) is 0 Å². The molecule has 0 radical (unpaired) electrons. The minimum Gasteiger partial charge on any atom is -0.481 e. The molecule has 0 unspecified atom stereocenters. The van der Waals surface area contributed by atoms with Crippen molar-refractivity contribution < 1.29 is 14.7 Å². The maximum atomic E-state index is 12.4. The molecule has 6 heteroatoms. The molecule has 0 bridgehead atoms. The quantitative estimate of drug-likeness (QED) is 0.933. The molecule has 5 nitrogen and oxygen atoms in total. The highest BCUT2D eigenvalue weighted by Crippen LogP contribution is 2.24. The number of likely N-dealkylation sites (tertiary alicyclic amines) is 1. The van der Waals surface area contributed by atoms with Crippen LogP contribution in [-0.2, 0) is 11.3 Å². The number of hydrogen-bond donors (Lipinski definition) is 1. The van der Waals surface area contributed by atoms with Crippen molar-refractivity contribution >= 4 is 23.6 Å². The van der Waals surface area contributed by atoms with Crippen molar-refractivity contribution in [2.75, 3.05) is 20.1 Å². The first-order valence-corrected chi connectivity index (χ1v) is 7.24. The number of benzene rings is 1. The molecule has 0 aliphatic carbocycles. The van der Waals surface area contributed by atoms with Gasteiger partial charge in [0.25, 0.3) is 0 Å². The fourth-order valence-electron chi connectivity index (χ4n) is 2.64. The third-order valence-corrected chi connectivity index (χ3v) is 4.26. The second-order valence-electron chi connectivity index (χ2n) is 5.56. The van der Waals surface area contributed by atoms with Crippen LogP contribution in [0.4, 0.5) is 4.79 Å². The monoisotopic (exact) mass is 310 g/mol. The zero-order valence-electron chi connectivity index (χ0n) is 12.1. The summed E-state index contributed by atoms with van der Waals surface area (Å²) in [6.07, 6.45) is 0. The van der Waals surface area contributed by atoms with Gasteiger partial charge in [-0.2, -0.15) is 0 Å². The Bertz CT molecular complexity index is 549. The Morgan fingerprint density at radius 1 is 1.38 bits per heavy atom. The number of aliphatic carboxylic acids is 1. The zero-order valence-corrected chi connectivity index (χ0v) is 12.9. The Balaban J connectivity index is 2.01. The van der Waals surface area contributed by atoms with Crippen molar-refractivity contribution in [1.82, 2.24) is 9.80 Å². The van der Waals surface area contributed by atoms with Crippen molar-refractivity contribution in [2.45, 2.75) is 13.5 Å². The molecule has 1 aliphatic rings. The van der Waals surface area contributed by atoms with Crippen LogP contribution in [0.3, 0.4) is 0 Å². The number of carbonyl (C=O) groups excluding carboxylic acids is 1. The summed E-state index contributed by atoms with van der Waals surface area (Å²) in [5, 5.41) is 9.75. The number of amides is 2.